The third-order valence-corrected chi connectivity index (χ3v) is 9.36. The third-order valence-electron chi connectivity index (χ3n) is 9.36. The zero-order valence-corrected chi connectivity index (χ0v) is 25.0. The second-order valence-corrected chi connectivity index (χ2v) is 12.4. The summed E-state index contributed by atoms with van der Waals surface area (Å²) in [5.74, 6) is 2.94. The molecule has 0 saturated carbocycles. The van der Waals surface area contributed by atoms with Crippen molar-refractivity contribution < 1.29 is 9.47 Å². The molecule has 2 heterocycles. The average molecular weight is 580 g/mol. The number of nitrogens with zero attached hydrogens (tertiary/aromatic N) is 1. The maximum Gasteiger partial charge on any atom is 0.170 e. The highest BCUT2D eigenvalue weighted by atomic mass is 16.6. The van der Waals surface area contributed by atoms with Gasteiger partial charge in [-0.15, -0.1) is 0 Å². The summed E-state index contributed by atoms with van der Waals surface area (Å²) in [4.78, 5) is 5.02. The molecule has 45 heavy (non-hydrogen) atoms. The summed E-state index contributed by atoms with van der Waals surface area (Å²) < 4.78 is 13.1. The SMILES string of the molecule is CC1(C)c2ccccc2-c2cc3c(cc21)Oc1ccc(-c2ccccc2-c2cccc4nc(-c5ccccc5)ccc24)cc1O3. The van der Waals surface area contributed by atoms with Gasteiger partial charge in [-0.3, -0.25) is 0 Å². The molecule has 3 heteroatoms. The van der Waals surface area contributed by atoms with Crippen molar-refractivity contribution in [2.24, 2.45) is 0 Å². The maximum atomic E-state index is 6.58. The molecule has 1 aliphatic heterocycles. The third kappa shape index (κ3) is 4.01. The predicted molar refractivity (Wildman–Crippen MR) is 182 cm³/mol. The molecule has 9 rings (SSSR count). The molecule has 0 unspecified atom stereocenters. The zero-order chi connectivity index (χ0) is 30.1. The number of pyridine rings is 1. The Labute approximate surface area is 262 Å². The van der Waals surface area contributed by atoms with Crippen molar-refractivity contribution in [3.05, 3.63) is 151 Å². The minimum absolute atomic E-state index is 0.0988. The highest BCUT2D eigenvalue weighted by Crippen LogP contribution is 2.55. The fourth-order valence-corrected chi connectivity index (χ4v) is 7.07. The highest BCUT2D eigenvalue weighted by Gasteiger charge is 2.37. The molecule has 1 aromatic heterocycles. The Bertz CT molecular complexity index is 2300. The van der Waals surface area contributed by atoms with Gasteiger partial charge < -0.3 is 9.47 Å². The van der Waals surface area contributed by atoms with E-state index in [4.69, 9.17) is 14.5 Å². The lowest BCUT2D eigenvalue weighted by Gasteiger charge is -2.25. The van der Waals surface area contributed by atoms with Crippen LogP contribution >= 0.6 is 0 Å². The first-order valence-corrected chi connectivity index (χ1v) is 15.4. The Hall–Kier alpha value is -5.67. The molecule has 0 saturated heterocycles. The van der Waals surface area contributed by atoms with Crippen molar-refractivity contribution in [1.82, 2.24) is 4.98 Å². The Morgan fingerprint density at radius 1 is 0.444 bits per heavy atom. The Balaban J connectivity index is 1.11. The van der Waals surface area contributed by atoms with Crippen molar-refractivity contribution in [3.63, 3.8) is 0 Å². The van der Waals surface area contributed by atoms with Gasteiger partial charge in [0, 0.05) is 16.4 Å². The molecular formula is C42H29NO2. The fourth-order valence-electron chi connectivity index (χ4n) is 7.07. The van der Waals surface area contributed by atoms with E-state index in [9.17, 15) is 0 Å². The van der Waals surface area contributed by atoms with Gasteiger partial charge in [-0.05, 0) is 80.9 Å². The normalized spacial score (nSPS) is 13.6. The van der Waals surface area contributed by atoms with Gasteiger partial charge in [-0.25, -0.2) is 4.98 Å². The first kappa shape index (κ1) is 25.8. The Morgan fingerprint density at radius 2 is 1.13 bits per heavy atom. The number of hydrogen-bond acceptors (Lipinski definition) is 3. The standard InChI is InChI=1S/C42H29NO2/c1-42(2)34-17-9-8-15-31(34)33-24-40-41(25-35(33)42)44-38-22-19-27(23-39(38)45-40)28-13-6-7-14-29(28)30-16-10-18-37-32(30)20-21-36(43-37)26-11-4-3-5-12-26/h3-25H,1-2H3. The van der Waals surface area contributed by atoms with Gasteiger partial charge in [0.25, 0.3) is 0 Å². The summed E-state index contributed by atoms with van der Waals surface area (Å²) in [6.07, 6.45) is 0. The molecular weight excluding hydrogens is 550 g/mol. The van der Waals surface area contributed by atoms with E-state index in [0.717, 1.165) is 61.7 Å². The van der Waals surface area contributed by atoms with E-state index in [0.29, 0.717) is 5.75 Å². The molecule has 2 aliphatic rings. The molecule has 0 spiro atoms. The molecule has 7 aromatic rings. The first-order valence-electron chi connectivity index (χ1n) is 15.4. The Kier molecular flexibility index (Phi) is 5.54. The van der Waals surface area contributed by atoms with Crippen LogP contribution in [0.3, 0.4) is 0 Å². The minimum atomic E-state index is -0.0988. The lowest BCUT2D eigenvalue weighted by Crippen LogP contribution is -2.15. The lowest BCUT2D eigenvalue weighted by atomic mass is 9.82. The highest BCUT2D eigenvalue weighted by molar-refractivity contribution is 6.00. The molecule has 214 valence electrons. The van der Waals surface area contributed by atoms with Gasteiger partial charge in [0.2, 0.25) is 0 Å². The number of fused-ring (bicyclic) bond motifs is 6. The number of hydrogen-bond donors (Lipinski definition) is 0. The molecule has 0 amide bonds. The summed E-state index contributed by atoms with van der Waals surface area (Å²) in [5, 5.41) is 1.12. The van der Waals surface area contributed by atoms with Gasteiger partial charge in [0.05, 0.1) is 11.2 Å². The van der Waals surface area contributed by atoms with E-state index in [2.05, 4.69) is 129 Å². The van der Waals surface area contributed by atoms with Gasteiger partial charge in [-0.2, -0.15) is 0 Å². The van der Waals surface area contributed by atoms with E-state index in [1.807, 2.05) is 24.3 Å². The second-order valence-electron chi connectivity index (χ2n) is 12.4. The van der Waals surface area contributed by atoms with Crippen molar-refractivity contribution in [1.29, 1.82) is 0 Å². The van der Waals surface area contributed by atoms with Crippen LogP contribution in [0, 0.1) is 0 Å². The minimum Gasteiger partial charge on any atom is -0.450 e. The average Bonchev–Trinajstić information content (AvgIpc) is 3.31. The Morgan fingerprint density at radius 3 is 2.00 bits per heavy atom. The number of aromatic nitrogens is 1. The molecule has 0 radical (unpaired) electrons. The maximum absolute atomic E-state index is 6.58. The molecule has 3 nitrogen and oxygen atoms in total. The van der Waals surface area contributed by atoms with E-state index < -0.39 is 0 Å². The number of ether oxygens (including phenoxy) is 2. The van der Waals surface area contributed by atoms with Crippen molar-refractivity contribution >= 4 is 10.9 Å². The smallest absolute Gasteiger partial charge is 0.170 e. The summed E-state index contributed by atoms with van der Waals surface area (Å²) in [6.45, 7) is 4.55. The van der Waals surface area contributed by atoms with Crippen molar-refractivity contribution in [2.75, 3.05) is 0 Å². The van der Waals surface area contributed by atoms with Crippen LogP contribution in [0.5, 0.6) is 23.0 Å². The first-order chi connectivity index (χ1) is 22.0. The van der Waals surface area contributed by atoms with Crippen molar-refractivity contribution in [3.8, 4) is 67.6 Å². The van der Waals surface area contributed by atoms with Crippen LogP contribution in [0.4, 0.5) is 0 Å². The van der Waals surface area contributed by atoms with E-state index >= 15 is 0 Å². The fraction of sp³-hybridized carbons (Fsp3) is 0.0714. The van der Waals surface area contributed by atoms with Gasteiger partial charge in [0.15, 0.2) is 23.0 Å². The van der Waals surface area contributed by atoms with Gasteiger partial charge in [0.1, 0.15) is 0 Å². The van der Waals surface area contributed by atoms with Crippen LogP contribution in [0.25, 0.3) is 55.5 Å². The summed E-state index contributed by atoms with van der Waals surface area (Å²) in [5.41, 5.74) is 12.5. The molecule has 0 atom stereocenters. The van der Waals surface area contributed by atoms with Crippen LogP contribution < -0.4 is 9.47 Å². The largest absolute Gasteiger partial charge is 0.450 e. The topological polar surface area (TPSA) is 31.4 Å². The molecule has 1 aliphatic carbocycles. The lowest BCUT2D eigenvalue weighted by molar-refractivity contribution is 0.359. The van der Waals surface area contributed by atoms with Crippen LogP contribution in [0.1, 0.15) is 25.0 Å². The van der Waals surface area contributed by atoms with Crippen molar-refractivity contribution in [2.45, 2.75) is 19.3 Å². The second kappa shape index (κ2) is 9.67. The molecule has 0 fully saturated rings. The van der Waals surface area contributed by atoms with Gasteiger partial charge in [-0.1, -0.05) is 117 Å². The van der Waals surface area contributed by atoms with Crippen LogP contribution in [-0.4, -0.2) is 4.98 Å². The van der Waals surface area contributed by atoms with E-state index in [1.165, 1.54) is 22.3 Å². The van der Waals surface area contributed by atoms with E-state index in [-0.39, 0.29) is 5.41 Å². The van der Waals surface area contributed by atoms with Crippen LogP contribution in [0.15, 0.2) is 140 Å². The summed E-state index contributed by atoms with van der Waals surface area (Å²) >= 11 is 0. The molecule has 6 aromatic carbocycles. The van der Waals surface area contributed by atoms with Gasteiger partial charge >= 0.3 is 0 Å². The number of benzene rings is 6. The number of rotatable bonds is 3. The van der Waals surface area contributed by atoms with Crippen LogP contribution in [-0.2, 0) is 5.41 Å². The zero-order valence-electron chi connectivity index (χ0n) is 25.0. The summed E-state index contributed by atoms with van der Waals surface area (Å²) in [7, 11) is 0. The van der Waals surface area contributed by atoms with E-state index in [1.54, 1.807) is 0 Å². The molecule has 0 N–H and O–H groups in total. The van der Waals surface area contributed by atoms with Crippen LogP contribution in [0.2, 0.25) is 0 Å². The monoisotopic (exact) mass is 579 g/mol. The quantitative estimate of drug-likeness (QED) is 0.209. The summed E-state index contributed by atoms with van der Waals surface area (Å²) in [6, 6.07) is 48.7. The molecule has 0 bridgehead atoms. The predicted octanol–water partition coefficient (Wildman–Crippen LogP) is 11.4.